The van der Waals surface area contributed by atoms with Gasteiger partial charge in [0.05, 0.1) is 11.9 Å². The highest BCUT2D eigenvalue weighted by Gasteiger charge is 2.31. The summed E-state index contributed by atoms with van der Waals surface area (Å²) in [6.07, 6.45) is 2.74. The Bertz CT molecular complexity index is 1350. The molecule has 3 aromatic carbocycles. The smallest absolute Gasteiger partial charge is 0.243 e. The zero-order chi connectivity index (χ0) is 29.1. The standard InChI is InChI=1S/C32H41N3O4S/c1-5-26(3)33-32(37)30(23-27-16-8-6-9-17-27)34(24-28-18-13-12-15-25(28)2)31(36)21-14-22-35(40(4,38)39)29-19-10-7-11-20-29/h6-13,15-20,26,30H,5,14,21-24H2,1-4H3,(H,33,37)/t26-,30+/m0/s1. The summed E-state index contributed by atoms with van der Waals surface area (Å²) in [6.45, 7) is 6.40. The van der Waals surface area contributed by atoms with E-state index in [1.807, 2.05) is 81.4 Å². The predicted molar refractivity (Wildman–Crippen MR) is 161 cm³/mol. The van der Waals surface area contributed by atoms with Gasteiger partial charge in [-0.3, -0.25) is 13.9 Å². The Morgan fingerprint density at radius 1 is 0.900 bits per heavy atom. The van der Waals surface area contributed by atoms with E-state index in [1.54, 1.807) is 29.2 Å². The van der Waals surface area contributed by atoms with E-state index in [9.17, 15) is 18.0 Å². The first-order valence-electron chi connectivity index (χ1n) is 13.8. The zero-order valence-corrected chi connectivity index (χ0v) is 24.7. The van der Waals surface area contributed by atoms with Gasteiger partial charge in [0.25, 0.3) is 0 Å². The summed E-state index contributed by atoms with van der Waals surface area (Å²) < 4.78 is 26.4. The first-order chi connectivity index (χ1) is 19.1. The molecule has 0 spiro atoms. The molecule has 2 atom stereocenters. The minimum absolute atomic E-state index is 0.0321. The van der Waals surface area contributed by atoms with Gasteiger partial charge in [0, 0.05) is 32.0 Å². The van der Waals surface area contributed by atoms with Crippen molar-refractivity contribution in [2.24, 2.45) is 0 Å². The summed E-state index contributed by atoms with van der Waals surface area (Å²) in [6, 6.07) is 25.7. The molecular formula is C32H41N3O4S. The van der Waals surface area contributed by atoms with Crippen LogP contribution in [0.2, 0.25) is 0 Å². The number of hydrogen-bond donors (Lipinski definition) is 1. The fourth-order valence-corrected chi connectivity index (χ4v) is 5.53. The Labute approximate surface area is 239 Å². The van der Waals surface area contributed by atoms with Crippen LogP contribution < -0.4 is 9.62 Å². The van der Waals surface area contributed by atoms with Crippen LogP contribution in [-0.2, 0) is 32.6 Å². The van der Waals surface area contributed by atoms with Crippen molar-refractivity contribution in [1.29, 1.82) is 0 Å². The van der Waals surface area contributed by atoms with E-state index in [-0.39, 0.29) is 37.4 Å². The molecule has 2 amide bonds. The van der Waals surface area contributed by atoms with Crippen molar-refractivity contribution in [1.82, 2.24) is 10.2 Å². The SMILES string of the molecule is CC[C@H](C)NC(=O)[C@@H](Cc1ccccc1)N(Cc1ccccc1C)C(=O)CCCN(c1ccccc1)S(C)(=O)=O. The Kier molecular flexibility index (Phi) is 11.3. The number of carbonyl (C=O) groups is 2. The van der Waals surface area contributed by atoms with Crippen molar-refractivity contribution < 1.29 is 18.0 Å². The van der Waals surface area contributed by atoms with Crippen molar-refractivity contribution in [3.05, 3.63) is 102 Å². The maximum atomic E-state index is 13.9. The van der Waals surface area contributed by atoms with Gasteiger partial charge in [-0.2, -0.15) is 0 Å². The number of rotatable bonds is 14. The summed E-state index contributed by atoms with van der Waals surface area (Å²) in [5.74, 6) is -0.382. The van der Waals surface area contributed by atoms with Crippen LogP contribution in [-0.4, -0.2) is 50.0 Å². The van der Waals surface area contributed by atoms with Gasteiger partial charge in [0.1, 0.15) is 6.04 Å². The van der Waals surface area contributed by atoms with E-state index in [2.05, 4.69) is 5.32 Å². The van der Waals surface area contributed by atoms with Crippen molar-refractivity contribution in [3.8, 4) is 0 Å². The number of nitrogens with one attached hydrogen (secondary N) is 1. The molecule has 8 heteroatoms. The normalized spacial score (nSPS) is 12.8. The Hall–Kier alpha value is -3.65. The van der Waals surface area contributed by atoms with Gasteiger partial charge >= 0.3 is 0 Å². The van der Waals surface area contributed by atoms with Gasteiger partial charge in [0.15, 0.2) is 0 Å². The lowest BCUT2D eigenvalue weighted by molar-refractivity contribution is -0.141. The van der Waals surface area contributed by atoms with Gasteiger partial charge in [0.2, 0.25) is 21.8 Å². The van der Waals surface area contributed by atoms with Crippen LogP contribution in [0, 0.1) is 6.92 Å². The summed E-state index contributed by atoms with van der Waals surface area (Å²) in [5, 5.41) is 3.08. The topological polar surface area (TPSA) is 86.8 Å². The quantitative estimate of drug-likeness (QED) is 0.296. The molecule has 40 heavy (non-hydrogen) atoms. The zero-order valence-electron chi connectivity index (χ0n) is 23.9. The first-order valence-corrected chi connectivity index (χ1v) is 15.7. The average molecular weight is 564 g/mol. The Morgan fingerprint density at radius 3 is 2.10 bits per heavy atom. The largest absolute Gasteiger partial charge is 0.352 e. The number of nitrogens with zero attached hydrogens (tertiary/aromatic N) is 2. The lowest BCUT2D eigenvalue weighted by atomic mass is 10.0. The number of sulfonamides is 1. The van der Waals surface area contributed by atoms with Gasteiger partial charge < -0.3 is 10.2 Å². The highest BCUT2D eigenvalue weighted by atomic mass is 32.2. The van der Waals surface area contributed by atoms with E-state index in [1.165, 1.54) is 10.6 Å². The van der Waals surface area contributed by atoms with E-state index in [4.69, 9.17) is 0 Å². The highest BCUT2D eigenvalue weighted by molar-refractivity contribution is 7.92. The third-order valence-electron chi connectivity index (χ3n) is 7.07. The number of aryl methyl sites for hydroxylation is 1. The third-order valence-corrected chi connectivity index (χ3v) is 8.26. The van der Waals surface area contributed by atoms with Crippen molar-refractivity contribution in [2.75, 3.05) is 17.1 Å². The summed E-state index contributed by atoms with van der Waals surface area (Å²) >= 11 is 0. The summed E-state index contributed by atoms with van der Waals surface area (Å²) in [7, 11) is -3.53. The second-order valence-corrected chi connectivity index (χ2v) is 12.2. The molecule has 3 aromatic rings. The Morgan fingerprint density at radius 2 is 1.50 bits per heavy atom. The molecule has 0 heterocycles. The summed E-state index contributed by atoms with van der Waals surface area (Å²) in [5.41, 5.74) is 3.52. The number of benzene rings is 3. The van der Waals surface area contributed by atoms with Gasteiger partial charge in [-0.25, -0.2) is 8.42 Å². The molecule has 7 nitrogen and oxygen atoms in total. The van der Waals surface area contributed by atoms with E-state index in [0.717, 1.165) is 23.1 Å². The van der Waals surface area contributed by atoms with E-state index < -0.39 is 16.1 Å². The molecule has 214 valence electrons. The fourth-order valence-electron chi connectivity index (χ4n) is 4.56. The van der Waals surface area contributed by atoms with Crippen molar-refractivity contribution >= 4 is 27.5 Å². The molecule has 3 rings (SSSR count). The van der Waals surface area contributed by atoms with Gasteiger partial charge in [-0.1, -0.05) is 79.7 Å². The first kappa shape index (κ1) is 30.9. The maximum Gasteiger partial charge on any atom is 0.243 e. The minimum atomic E-state index is -3.53. The number of amides is 2. The predicted octanol–water partition coefficient (Wildman–Crippen LogP) is 5.10. The maximum absolute atomic E-state index is 13.9. The van der Waals surface area contributed by atoms with Crippen molar-refractivity contribution in [3.63, 3.8) is 0 Å². The molecule has 0 bridgehead atoms. The number of carbonyl (C=O) groups excluding carboxylic acids is 2. The van der Waals surface area contributed by atoms with Gasteiger partial charge in [-0.05, 0) is 55.5 Å². The third kappa shape index (κ3) is 8.95. The molecule has 0 fully saturated rings. The molecule has 0 saturated heterocycles. The van der Waals surface area contributed by atoms with Crippen LogP contribution >= 0.6 is 0 Å². The second kappa shape index (κ2) is 14.7. The average Bonchev–Trinajstić information content (AvgIpc) is 2.94. The van der Waals surface area contributed by atoms with Gasteiger partial charge in [-0.15, -0.1) is 0 Å². The molecule has 0 radical (unpaired) electrons. The van der Waals surface area contributed by atoms with E-state index >= 15 is 0 Å². The molecule has 0 unspecified atom stereocenters. The molecule has 0 aliphatic rings. The molecule has 1 N–H and O–H groups in total. The molecule has 0 aliphatic heterocycles. The van der Waals surface area contributed by atoms with E-state index in [0.29, 0.717) is 18.5 Å². The van der Waals surface area contributed by atoms with Crippen molar-refractivity contribution in [2.45, 2.75) is 65.1 Å². The molecular weight excluding hydrogens is 522 g/mol. The molecule has 0 saturated carbocycles. The van der Waals surface area contributed by atoms with Crippen LogP contribution in [0.1, 0.15) is 49.8 Å². The fraction of sp³-hybridized carbons (Fsp3) is 0.375. The minimum Gasteiger partial charge on any atom is -0.352 e. The van der Waals surface area contributed by atoms with Crippen LogP contribution in [0.5, 0.6) is 0 Å². The Balaban J connectivity index is 1.89. The lowest BCUT2D eigenvalue weighted by Crippen LogP contribution is -2.52. The monoisotopic (exact) mass is 563 g/mol. The number of para-hydroxylation sites is 1. The number of anilines is 1. The highest BCUT2D eigenvalue weighted by Crippen LogP contribution is 2.21. The molecule has 0 aromatic heterocycles. The van der Waals surface area contributed by atoms with Crippen LogP contribution in [0.4, 0.5) is 5.69 Å². The number of hydrogen-bond acceptors (Lipinski definition) is 4. The van der Waals surface area contributed by atoms with Crippen LogP contribution in [0.3, 0.4) is 0 Å². The molecule has 0 aliphatic carbocycles. The van der Waals surface area contributed by atoms with Crippen LogP contribution in [0.15, 0.2) is 84.9 Å². The summed E-state index contributed by atoms with van der Waals surface area (Å²) in [4.78, 5) is 29.2. The second-order valence-electron chi connectivity index (χ2n) is 10.2. The van der Waals surface area contributed by atoms with Crippen LogP contribution in [0.25, 0.3) is 0 Å². The lowest BCUT2D eigenvalue weighted by Gasteiger charge is -2.33.